The van der Waals surface area contributed by atoms with Crippen LogP contribution in [0.5, 0.6) is 0 Å². The van der Waals surface area contributed by atoms with Crippen LogP contribution in [0, 0.1) is 0 Å². The van der Waals surface area contributed by atoms with Gasteiger partial charge < -0.3 is 0 Å². The molecule has 0 aromatic rings. The van der Waals surface area contributed by atoms with Crippen molar-refractivity contribution in [1.82, 2.24) is 0 Å². The van der Waals surface area contributed by atoms with Crippen molar-refractivity contribution in [2.75, 3.05) is 5.75 Å². The van der Waals surface area contributed by atoms with Gasteiger partial charge in [0.15, 0.2) is 9.03 Å². The van der Waals surface area contributed by atoms with Gasteiger partial charge in [0, 0.05) is 0 Å². The Morgan fingerprint density at radius 2 is 1.58 bits per heavy atom. The largest absolute Gasteiger partial charge is 0.184 e. The normalized spacial score (nSPS) is 18.4. The minimum absolute atomic E-state index is 0.242. The summed E-state index contributed by atoms with van der Waals surface area (Å²) in [6, 6.07) is 0. The average Bonchev–Trinajstić information content (AvgIpc) is 2.82. The Balaban J connectivity index is 1.74. The Morgan fingerprint density at radius 3 is 2.11 bits per heavy atom. The predicted octanol–water partition coefficient (Wildman–Crippen LogP) is 6.41. The number of nitrogens with zero attached hydrogens (tertiary/aromatic N) is 2. The molecule has 0 fully saturated rings. The molecule has 0 radical (unpaired) electrons. The first-order chi connectivity index (χ1) is 9.33. The molecule has 0 aliphatic carbocycles. The van der Waals surface area contributed by atoms with E-state index in [1.165, 1.54) is 70.0 Å². The van der Waals surface area contributed by atoms with Gasteiger partial charge in [0.05, 0.1) is 0 Å². The number of rotatable bonds is 12. The monoisotopic (exact) mass is 318 g/mol. The molecule has 19 heavy (non-hydrogen) atoms. The Bertz CT molecular complexity index is 269. The van der Waals surface area contributed by atoms with Crippen LogP contribution in [0.3, 0.4) is 0 Å². The molecule has 1 aliphatic heterocycles. The summed E-state index contributed by atoms with van der Waals surface area (Å²) in [5.74, 6) is 1.19. The second-order valence-electron chi connectivity index (χ2n) is 4.96. The summed E-state index contributed by atoms with van der Waals surface area (Å²) in [5.41, 5.74) is 0. The molecule has 1 heterocycles. The van der Waals surface area contributed by atoms with E-state index in [0.29, 0.717) is 4.32 Å². The molecular weight excluding hydrogens is 292 g/mol. The van der Waals surface area contributed by atoms with E-state index >= 15 is 0 Å². The smallest absolute Gasteiger partial charge is 0.161 e. The first-order valence-corrected chi connectivity index (χ1v) is 9.89. The van der Waals surface area contributed by atoms with Gasteiger partial charge in [-0.15, -0.1) is 16.9 Å². The Labute approximate surface area is 132 Å². The average molecular weight is 319 g/mol. The maximum atomic E-state index is 4.97. The van der Waals surface area contributed by atoms with Crippen molar-refractivity contribution < 1.29 is 0 Å². The third-order valence-electron chi connectivity index (χ3n) is 3.19. The molecule has 110 valence electrons. The molecule has 1 aliphatic rings. The van der Waals surface area contributed by atoms with Crippen molar-refractivity contribution in [2.24, 2.45) is 10.2 Å². The van der Waals surface area contributed by atoms with Crippen molar-refractivity contribution in [2.45, 2.75) is 75.8 Å². The molecule has 2 nitrogen and oxygen atoms in total. The maximum Gasteiger partial charge on any atom is 0.184 e. The van der Waals surface area contributed by atoms with E-state index in [0.717, 1.165) is 0 Å². The van der Waals surface area contributed by atoms with Crippen LogP contribution < -0.4 is 0 Å². The van der Waals surface area contributed by atoms with Gasteiger partial charge >= 0.3 is 0 Å². The van der Waals surface area contributed by atoms with Gasteiger partial charge in [-0.3, -0.25) is 0 Å². The van der Waals surface area contributed by atoms with E-state index in [9.17, 15) is 0 Å². The van der Waals surface area contributed by atoms with E-state index in [4.69, 9.17) is 12.2 Å². The zero-order valence-electron chi connectivity index (χ0n) is 12.0. The van der Waals surface area contributed by atoms with Crippen LogP contribution in [-0.4, -0.2) is 14.8 Å². The van der Waals surface area contributed by atoms with Gasteiger partial charge in [0.1, 0.15) is 0 Å². The van der Waals surface area contributed by atoms with Gasteiger partial charge in [0.2, 0.25) is 0 Å². The molecule has 0 N–H and O–H groups in total. The quantitative estimate of drug-likeness (QED) is 0.307. The van der Waals surface area contributed by atoms with Crippen molar-refractivity contribution in [3.05, 3.63) is 0 Å². The maximum absolute atomic E-state index is 4.97. The fourth-order valence-corrected chi connectivity index (χ4v) is 4.45. The zero-order valence-corrected chi connectivity index (χ0v) is 14.4. The van der Waals surface area contributed by atoms with Crippen LogP contribution in [0.25, 0.3) is 0 Å². The molecule has 0 saturated heterocycles. The molecule has 0 bridgehead atoms. The van der Waals surface area contributed by atoms with Crippen molar-refractivity contribution in [3.8, 4) is 0 Å². The lowest BCUT2D eigenvalue weighted by atomic mass is 10.1. The minimum Gasteiger partial charge on any atom is -0.161 e. The first-order valence-electron chi connectivity index (χ1n) is 7.56. The summed E-state index contributed by atoms with van der Waals surface area (Å²) in [6.07, 6.45) is 14.0. The van der Waals surface area contributed by atoms with Crippen LogP contribution in [-0.2, 0) is 0 Å². The third kappa shape index (κ3) is 9.85. The molecule has 1 unspecified atom stereocenters. The Morgan fingerprint density at radius 1 is 1.00 bits per heavy atom. The molecular formula is C14H26N2S3. The summed E-state index contributed by atoms with van der Waals surface area (Å²) in [5, 5.41) is 8.00. The van der Waals surface area contributed by atoms with Crippen molar-refractivity contribution in [1.29, 1.82) is 0 Å². The highest BCUT2D eigenvalue weighted by Gasteiger charge is 2.16. The summed E-state index contributed by atoms with van der Waals surface area (Å²) in [4.78, 5) is 0. The summed E-state index contributed by atoms with van der Waals surface area (Å²) >= 11 is 8.46. The van der Waals surface area contributed by atoms with Gasteiger partial charge in [-0.05, 0) is 24.4 Å². The predicted molar refractivity (Wildman–Crippen MR) is 93.1 cm³/mol. The SMILES string of the molecule is CCCCCCCCCCCCSC1N=NC(=S)S1. The Hall–Kier alpha value is 0.390. The molecule has 0 saturated carbocycles. The third-order valence-corrected chi connectivity index (χ3v) is 5.74. The standard InChI is InChI=1S/C14H26N2S3/c1-2-3-4-5-6-7-8-9-10-11-12-18-14-16-15-13(17)19-14/h14H,2-12H2,1H3. The number of unbranched alkanes of at least 4 members (excludes halogenated alkanes) is 9. The fourth-order valence-electron chi connectivity index (χ4n) is 2.07. The molecule has 0 spiro atoms. The second kappa shape index (κ2) is 12.2. The Kier molecular flexibility index (Phi) is 11.2. The van der Waals surface area contributed by atoms with Gasteiger partial charge in [-0.2, -0.15) is 5.11 Å². The van der Waals surface area contributed by atoms with Crippen molar-refractivity contribution in [3.63, 3.8) is 0 Å². The molecule has 5 heteroatoms. The van der Waals surface area contributed by atoms with E-state index in [-0.39, 0.29) is 4.71 Å². The van der Waals surface area contributed by atoms with Gasteiger partial charge in [0.25, 0.3) is 0 Å². The lowest BCUT2D eigenvalue weighted by molar-refractivity contribution is 0.563. The first kappa shape index (κ1) is 17.4. The zero-order chi connectivity index (χ0) is 13.8. The molecule has 1 rings (SSSR count). The van der Waals surface area contributed by atoms with E-state index < -0.39 is 0 Å². The highest BCUT2D eigenvalue weighted by molar-refractivity contribution is 8.30. The molecule has 0 aromatic carbocycles. The summed E-state index contributed by atoms with van der Waals surface area (Å²) in [6.45, 7) is 2.27. The highest BCUT2D eigenvalue weighted by Crippen LogP contribution is 2.32. The second-order valence-corrected chi connectivity index (χ2v) is 8.16. The number of hydrogen-bond acceptors (Lipinski definition) is 4. The number of hydrogen-bond donors (Lipinski definition) is 0. The molecule has 0 amide bonds. The number of thioether (sulfide) groups is 2. The summed E-state index contributed by atoms with van der Waals surface area (Å²) in [7, 11) is 0. The van der Waals surface area contributed by atoms with E-state index in [2.05, 4.69) is 17.2 Å². The molecule has 1 atom stereocenters. The van der Waals surface area contributed by atoms with Crippen LogP contribution in [0.15, 0.2) is 10.2 Å². The van der Waals surface area contributed by atoms with Gasteiger partial charge in [-0.25, -0.2) is 0 Å². The lowest BCUT2D eigenvalue weighted by Crippen LogP contribution is -1.91. The highest BCUT2D eigenvalue weighted by atomic mass is 32.2. The topological polar surface area (TPSA) is 24.7 Å². The van der Waals surface area contributed by atoms with Crippen LogP contribution in [0.1, 0.15) is 71.1 Å². The number of thiocarbonyl (C=S) groups is 1. The van der Waals surface area contributed by atoms with Crippen LogP contribution in [0.4, 0.5) is 0 Å². The van der Waals surface area contributed by atoms with Crippen LogP contribution in [0.2, 0.25) is 0 Å². The van der Waals surface area contributed by atoms with Crippen LogP contribution >= 0.6 is 35.7 Å². The number of azo groups is 1. The molecule has 0 aromatic heterocycles. The fraction of sp³-hybridized carbons (Fsp3) is 0.929. The van der Waals surface area contributed by atoms with E-state index in [1.54, 1.807) is 11.8 Å². The van der Waals surface area contributed by atoms with Crippen molar-refractivity contribution >= 4 is 40.1 Å². The minimum atomic E-state index is 0.242. The lowest BCUT2D eigenvalue weighted by Gasteiger charge is -2.04. The van der Waals surface area contributed by atoms with E-state index in [1.807, 2.05) is 11.8 Å². The van der Waals surface area contributed by atoms with Gasteiger partial charge in [-0.1, -0.05) is 76.5 Å². The summed E-state index contributed by atoms with van der Waals surface area (Å²) < 4.78 is 0.937.